The number of halogens is 1. The van der Waals surface area contributed by atoms with Crippen LogP contribution in [0.5, 0.6) is 0 Å². The van der Waals surface area contributed by atoms with Crippen LogP contribution in [0.1, 0.15) is 28.0 Å². The Morgan fingerprint density at radius 1 is 1.15 bits per heavy atom. The van der Waals surface area contributed by atoms with Crippen LogP contribution in [0.25, 0.3) is 0 Å². The summed E-state index contributed by atoms with van der Waals surface area (Å²) in [5.41, 5.74) is 4.80. The Bertz CT molecular complexity index is 1220. The number of anilines is 1. The van der Waals surface area contributed by atoms with E-state index in [1.165, 1.54) is 11.3 Å². The summed E-state index contributed by atoms with van der Waals surface area (Å²) in [4.78, 5) is 23.6. The van der Waals surface area contributed by atoms with Gasteiger partial charge < -0.3 is 10.1 Å². The lowest BCUT2D eigenvalue weighted by molar-refractivity contribution is -0.420. The van der Waals surface area contributed by atoms with Crippen LogP contribution in [0.15, 0.2) is 64.4 Å². The quantitative estimate of drug-likeness (QED) is 0.481. The first-order valence-electron chi connectivity index (χ1n) is 11.3. The number of benzene rings is 2. The molecule has 5 rings (SSSR count). The van der Waals surface area contributed by atoms with Gasteiger partial charge in [0.15, 0.2) is 0 Å². The Kier molecular flexibility index (Phi) is 7.10. The topological polar surface area (TPSA) is 69.8 Å². The van der Waals surface area contributed by atoms with Crippen LogP contribution in [-0.4, -0.2) is 71.4 Å². The monoisotopic (exact) mass is 494 g/mol. The molecule has 0 spiro atoms. The normalized spacial score (nSPS) is 16.2. The number of rotatable bonds is 8. The Balaban J connectivity index is 1.31. The number of ether oxygens (including phenoxy) is 1. The standard InChI is InChI=1S/C25H24ClN5O2S/c26-20-4-1-3-19(15-20)24-29-23(31(24)10-2-9-30-11-13-33-14-12-30)18-5-7-21(8-6-18)28-25(32)22-16-34-17-27-22/h1,3-8,15-17H,2,9-14H2/p+1. The van der Waals surface area contributed by atoms with Gasteiger partial charge in [0.25, 0.3) is 17.6 Å². The minimum absolute atomic E-state index is 0.212. The SMILES string of the molecule is O=C(Nc1ccc(C2=[N+](CCCN3CCOCC3)C(c3cccc(Cl)c3)=N2)cc1)c1cscn1. The summed E-state index contributed by atoms with van der Waals surface area (Å²) >= 11 is 7.63. The predicted molar refractivity (Wildman–Crippen MR) is 136 cm³/mol. The van der Waals surface area contributed by atoms with E-state index in [1.807, 2.05) is 48.5 Å². The van der Waals surface area contributed by atoms with Crippen LogP contribution in [0, 0.1) is 0 Å². The Morgan fingerprint density at radius 3 is 2.71 bits per heavy atom. The molecule has 2 aliphatic heterocycles. The van der Waals surface area contributed by atoms with Gasteiger partial charge in [-0.1, -0.05) is 22.7 Å². The van der Waals surface area contributed by atoms with Gasteiger partial charge in [0, 0.05) is 35.7 Å². The van der Waals surface area contributed by atoms with Gasteiger partial charge in [-0.15, -0.1) is 11.3 Å². The lowest BCUT2D eigenvalue weighted by Crippen LogP contribution is -2.41. The second-order valence-corrected chi connectivity index (χ2v) is 9.29. The van der Waals surface area contributed by atoms with Crippen molar-refractivity contribution in [3.8, 4) is 0 Å². The average Bonchev–Trinajstić information content (AvgIpc) is 3.38. The van der Waals surface area contributed by atoms with Crippen molar-refractivity contribution in [2.45, 2.75) is 6.42 Å². The van der Waals surface area contributed by atoms with Crippen LogP contribution >= 0.6 is 22.9 Å². The number of carbonyl (C=O) groups excluding carboxylic acids is 1. The highest BCUT2D eigenvalue weighted by molar-refractivity contribution is 7.07. The van der Waals surface area contributed by atoms with Crippen molar-refractivity contribution in [3.05, 3.63) is 81.3 Å². The van der Waals surface area contributed by atoms with E-state index in [4.69, 9.17) is 21.3 Å². The maximum atomic E-state index is 12.3. The summed E-state index contributed by atoms with van der Waals surface area (Å²) in [7, 11) is 0. The lowest BCUT2D eigenvalue weighted by Gasteiger charge is -2.27. The van der Waals surface area contributed by atoms with Gasteiger partial charge in [0.1, 0.15) is 5.69 Å². The number of morpholine rings is 1. The Labute approximate surface area is 207 Å². The molecule has 0 bridgehead atoms. The first kappa shape index (κ1) is 22.9. The van der Waals surface area contributed by atoms with Crippen molar-refractivity contribution in [2.75, 3.05) is 44.7 Å². The predicted octanol–water partition coefficient (Wildman–Crippen LogP) is 3.99. The number of aliphatic imine (C=N–C) groups is 1. The van der Waals surface area contributed by atoms with Crippen LogP contribution in [0.2, 0.25) is 5.02 Å². The molecule has 0 unspecified atom stereocenters. The highest BCUT2D eigenvalue weighted by atomic mass is 35.5. The zero-order valence-electron chi connectivity index (χ0n) is 18.6. The molecule has 0 atom stereocenters. The molecule has 3 heterocycles. The van der Waals surface area contributed by atoms with Gasteiger partial charge in [-0.2, -0.15) is 0 Å². The second kappa shape index (κ2) is 10.6. The van der Waals surface area contributed by atoms with Crippen molar-refractivity contribution >= 4 is 46.2 Å². The molecule has 1 saturated heterocycles. The highest BCUT2D eigenvalue weighted by Gasteiger charge is 2.31. The fourth-order valence-electron chi connectivity index (χ4n) is 4.06. The van der Waals surface area contributed by atoms with E-state index in [0.29, 0.717) is 10.7 Å². The van der Waals surface area contributed by atoms with Gasteiger partial charge in [-0.05, 0) is 48.9 Å². The summed E-state index contributed by atoms with van der Waals surface area (Å²) in [6.45, 7) is 5.47. The molecular formula is C25H25ClN5O2S+. The average molecular weight is 495 g/mol. The van der Waals surface area contributed by atoms with Crippen LogP contribution in [0.4, 0.5) is 5.69 Å². The van der Waals surface area contributed by atoms with E-state index in [-0.39, 0.29) is 5.91 Å². The van der Waals surface area contributed by atoms with E-state index >= 15 is 0 Å². The number of carbonyl (C=O) groups is 1. The molecule has 2 aromatic carbocycles. The lowest BCUT2D eigenvalue weighted by atomic mass is 10.1. The zero-order chi connectivity index (χ0) is 23.3. The van der Waals surface area contributed by atoms with Crippen LogP contribution < -0.4 is 5.32 Å². The van der Waals surface area contributed by atoms with Gasteiger partial charge >= 0.3 is 0 Å². The smallest absolute Gasteiger partial charge is 0.275 e. The molecule has 1 N–H and O–H groups in total. The van der Waals surface area contributed by atoms with Gasteiger partial charge in [0.05, 0.1) is 36.4 Å². The number of amides is 1. The number of hydrogen-bond donors (Lipinski definition) is 1. The zero-order valence-corrected chi connectivity index (χ0v) is 20.2. The summed E-state index contributed by atoms with van der Waals surface area (Å²) < 4.78 is 7.72. The van der Waals surface area contributed by atoms with Gasteiger partial charge in [-0.25, -0.2) is 9.56 Å². The number of thiazole rings is 1. The first-order chi connectivity index (χ1) is 16.7. The number of nitrogens with one attached hydrogen (secondary N) is 1. The van der Waals surface area contributed by atoms with Crippen LogP contribution in [0.3, 0.4) is 0 Å². The van der Waals surface area contributed by atoms with Crippen LogP contribution in [-0.2, 0) is 4.74 Å². The van der Waals surface area contributed by atoms with Crippen molar-refractivity contribution in [2.24, 2.45) is 4.99 Å². The largest absolute Gasteiger partial charge is 0.379 e. The molecule has 9 heteroatoms. The molecule has 0 radical (unpaired) electrons. The molecule has 2 aliphatic rings. The number of nitrogens with zero attached hydrogens (tertiary/aromatic N) is 4. The molecule has 0 saturated carbocycles. The molecule has 7 nitrogen and oxygen atoms in total. The molecule has 1 aromatic heterocycles. The van der Waals surface area contributed by atoms with Gasteiger partial charge in [0.2, 0.25) is 0 Å². The fraction of sp³-hybridized carbons (Fsp3) is 0.280. The van der Waals surface area contributed by atoms with E-state index in [0.717, 1.165) is 74.3 Å². The molecule has 34 heavy (non-hydrogen) atoms. The van der Waals surface area contributed by atoms with E-state index < -0.39 is 0 Å². The summed E-state index contributed by atoms with van der Waals surface area (Å²) in [5, 5.41) is 5.31. The third kappa shape index (κ3) is 5.26. The van der Waals surface area contributed by atoms with E-state index in [2.05, 4.69) is 19.8 Å². The van der Waals surface area contributed by atoms with E-state index in [1.54, 1.807) is 10.9 Å². The number of hydrogen-bond acceptors (Lipinski definition) is 6. The maximum Gasteiger partial charge on any atom is 0.275 e. The first-order valence-corrected chi connectivity index (χ1v) is 12.6. The molecule has 3 aromatic rings. The highest BCUT2D eigenvalue weighted by Crippen LogP contribution is 2.21. The fourth-order valence-corrected chi connectivity index (χ4v) is 4.78. The third-order valence-corrected chi connectivity index (χ3v) is 6.65. The van der Waals surface area contributed by atoms with E-state index in [9.17, 15) is 4.79 Å². The molecular weight excluding hydrogens is 470 g/mol. The summed E-state index contributed by atoms with van der Waals surface area (Å²) in [5.74, 6) is 1.64. The third-order valence-electron chi connectivity index (χ3n) is 5.83. The molecule has 1 fully saturated rings. The Hall–Kier alpha value is -2.91. The van der Waals surface area contributed by atoms with Crippen molar-refractivity contribution < 1.29 is 14.1 Å². The molecule has 1 amide bonds. The second-order valence-electron chi connectivity index (χ2n) is 8.13. The maximum absolute atomic E-state index is 12.3. The minimum atomic E-state index is -0.212. The summed E-state index contributed by atoms with van der Waals surface area (Å²) in [6, 6.07) is 15.6. The molecule has 174 valence electrons. The minimum Gasteiger partial charge on any atom is -0.379 e. The van der Waals surface area contributed by atoms with Gasteiger partial charge in [-0.3, -0.25) is 9.69 Å². The van der Waals surface area contributed by atoms with Crippen molar-refractivity contribution in [1.29, 1.82) is 0 Å². The Morgan fingerprint density at radius 2 is 1.97 bits per heavy atom. The van der Waals surface area contributed by atoms with Crippen molar-refractivity contribution in [1.82, 2.24) is 9.88 Å². The summed E-state index contributed by atoms with van der Waals surface area (Å²) in [6.07, 6.45) is 1.02. The number of aromatic nitrogens is 1. The van der Waals surface area contributed by atoms with Crippen molar-refractivity contribution in [3.63, 3.8) is 0 Å². The number of amidine groups is 2. The molecule has 0 aliphatic carbocycles.